The zero-order chi connectivity index (χ0) is 22.3. The van der Waals surface area contributed by atoms with Gasteiger partial charge in [-0.2, -0.15) is 4.98 Å². The molecule has 32 heavy (non-hydrogen) atoms. The Bertz CT molecular complexity index is 1080. The summed E-state index contributed by atoms with van der Waals surface area (Å²) in [5, 5.41) is 8.27. The molecule has 0 radical (unpaired) electrons. The molecule has 1 unspecified atom stereocenters. The van der Waals surface area contributed by atoms with Crippen molar-refractivity contribution in [3.8, 4) is 11.5 Å². The van der Waals surface area contributed by atoms with Gasteiger partial charge in [0.15, 0.2) is 5.82 Å². The Labute approximate surface area is 187 Å². The molecule has 0 bridgehead atoms. The Balaban J connectivity index is 1.22. The molecule has 2 fully saturated rings. The van der Waals surface area contributed by atoms with Crippen LogP contribution in [0.3, 0.4) is 0 Å². The van der Waals surface area contributed by atoms with E-state index >= 15 is 0 Å². The highest BCUT2D eigenvalue weighted by Crippen LogP contribution is 2.48. The van der Waals surface area contributed by atoms with Gasteiger partial charge in [-0.15, -0.1) is 0 Å². The molecule has 2 aliphatic rings. The van der Waals surface area contributed by atoms with Crippen LogP contribution in [-0.4, -0.2) is 57.7 Å². The number of carbonyl (C=O) groups excluding carboxylic acids is 1. The Morgan fingerprint density at radius 2 is 1.88 bits per heavy atom. The third-order valence-electron chi connectivity index (χ3n) is 7.19. The number of nitrogens with zero attached hydrogens (tertiary/aromatic N) is 5. The lowest BCUT2D eigenvalue weighted by atomic mass is 9.76. The van der Waals surface area contributed by atoms with Crippen molar-refractivity contribution in [3.63, 3.8) is 0 Å². The molecule has 2 saturated heterocycles. The second-order valence-electron chi connectivity index (χ2n) is 9.32. The molecular weight excluding hydrogens is 406 g/mol. The molecule has 0 saturated carbocycles. The molecule has 1 spiro atoms. The van der Waals surface area contributed by atoms with Crippen molar-refractivity contribution in [1.82, 2.24) is 25.1 Å². The molecule has 8 nitrogen and oxygen atoms in total. The molecule has 168 valence electrons. The molecule has 8 heteroatoms. The van der Waals surface area contributed by atoms with E-state index in [-0.39, 0.29) is 17.4 Å². The minimum Gasteiger partial charge on any atom is -0.361 e. The zero-order valence-corrected chi connectivity index (χ0v) is 18.9. The quantitative estimate of drug-likeness (QED) is 0.619. The minimum atomic E-state index is 0.140. The van der Waals surface area contributed by atoms with Crippen LogP contribution in [0.25, 0.3) is 11.5 Å². The fraction of sp³-hybridized carbons (Fsp3) is 0.500. The molecule has 5 rings (SSSR count). The Morgan fingerprint density at radius 3 is 2.56 bits per heavy atom. The fourth-order valence-electron chi connectivity index (χ4n) is 5.24. The first kappa shape index (κ1) is 20.9. The van der Waals surface area contributed by atoms with Gasteiger partial charge in [0.05, 0.1) is 18.2 Å². The minimum absolute atomic E-state index is 0.140. The van der Waals surface area contributed by atoms with E-state index in [1.54, 1.807) is 0 Å². The summed E-state index contributed by atoms with van der Waals surface area (Å²) in [6.07, 6.45) is 3.33. The number of likely N-dealkylation sites (tertiary alicyclic amines) is 2. The molecule has 3 aromatic rings. The Kier molecular flexibility index (Phi) is 5.33. The van der Waals surface area contributed by atoms with Crippen LogP contribution < -0.4 is 0 Å². The highest BCUT2D eigenvalue weighted by Gasteiger charge is 2.46. The predicted octanol–water partition coefficient (Wildman–Crippen LogP) is 3.57. The van der Waals surface area contributed by atoms with Gasteiger partial charge in [0, 0.05) is 30.8 Å². The third kappa shape index (κ3) is 3.83. The van der Waals surface area contributed by atoms with E-state index in [1.165, 1.54) is 0 Å². The van der Waals surface area contributed by atoms with Crippen molar-refractivity contribution in [1.29, 1.82) is 0 Å². The van der Waals surface area contributed by atoms with Gasteiger partial charge in [0.2, 0.25) is 5.91 Å². The second-order valence-corrected chi connectivity index (χ2v) is 9.32. The lowest BCUT2D eigenvalue weighted by Gasteiger charge is -2.39. The molecule has 4 heterocycles. The summed E-state index contributed by atoms with van der Waals surface area (Å²) in [5.41, 5.74) is 2.85. The van der Waals surface area contributed by atoms with Crippen molar-refractivity contribution >= 4 is 5.91 Å². The number of rotatable bonds is 4. The number of aromatic nitrogens is 3. The normalized spacial score (nSPS) is 20.8. The van der Waals surface area contributed by atoms with Crippen LogP contribution in [0.1, 0.15) is 48.1 Å². The van der Waals surface area contributed by atoms with E-state index in [9.17, 15) is 4.79 Å². The smallest absolute Gasteiger partial charge is 0.257 e. The first-order valence-electron chi connectivity index (χ1n) is 11.2. The van der Waals surface area contributed by atoms with E-state index in [4.69, 9.17) is 14.0 Å². The van der Waals surface area contributed by atoms with Crippen LogP contribution in [0.2, 0.25) is 0 Å². The number of carbonyl (C=O) groups is 1. The Hall–Kier alpha value is -3.00. The summed E-state index contributed by atoms with van der Waals surface area (Å²) in [6, 6.07) is 10.0. The summed E-state index contributed by atoms with van der Waals surface area (Å²) in [7, 11) is 2.13. The van der Waals surface area contributed by atoms with Crippen molar-refractivity contribution < 1.29 is 13.8 Å². The van der Waals surface area contributed by atoms with Crippen LogP contribution in [0.4, 0.5) is 0 Å². The number of benzene rings is 1. The SMILES string of the molecule is Cc1noc(C)c1CC(=O)N1CCC2(CC1)CC(c1noc(-c3ccccc3)n1)N(C)C2. The fourth-order valence-corrected chi connectivity index (χ4v) is 5.24. The second kappa shape index (κ2) is 8.16. The van der Waals surface area contributed by atoms with Gasteiger partial charge in [0.1, 0.15) is 5.76 Å². The highest BCUT2D eigenvalue weighted by atomic mass is 16.5. The van der Waals surface area contributed by atoms with Gasteiger partial charge in [-0.1, -0.05) is 28.5 Å². The predicted molar refractivity (Wildman–Crippen MR) is 118 cm³/mol. The van der Waals surface area contributed by atoms with Crippen LogP contribution in [0.15, 0.2) is 39.4 Å². The Morgan fingerprint density at radius 1 is 1.12 bits per heavy atom. The summed E-state index contributed by atoms with van der Waals surface area (Å²) in [5.74, 6) is 2.21. The largest absolute Gasteiger partial charge is 0.361 e. The van der Waals surface area contributed by atoms with E-state index in [0.29, 0.717) is 12.3 Å². The topological polar surface area (TPSA) is 88.5 Å². The molecule has 1 amide bonds. The van der Waals surface area contributed by atoms with E-state index in [0.717, 1.165) is 67.3 Å². The monoisotopic (exact) mass is 435 g/mol. The van der Waals surface area contributed by atoms with Gasteiger partial charge in [-0.25, -0.2) is 0 Å². The van der Waals surface area contributed by atoms with E-state index in [2.05, 4.69) is 22.3 Å². The van der Waals surface area contributed by atoms with E-state index in [1.807, 2.05) is 49.1 Å². The summed E-state index contributed by atoms with van der Waals surface area (Å²) >= 11 is 0. The zero-order valence-electron chi connectivity index (χ0n) is 18.9. The maximum atomic E-state index is 12.9. The molecule has 0 aliphatic carbocycles. The van der Waals surface area contributed by atoms with Crippen LogP contribution >= 0.6 is 0 Å². The van der Waals surface area contributed by atoms with Crippen LogP contribution in [0, 0.1) is 19.3 Å². The standard InChI is InChI=1S/C24H29N5O3/c1-16-19(17(2)31-26-16)13-21(30)29-11-9-24(10-12-29)14-20(28(3)15-24)22-25-23(32-27-22)18-7-5-4-6-8-18/h4-8,20H,9-15H2,1-3H3. The van der Waals surface area contributed by atoms with Crippen molar-refractivity contribution in [3.05, 3.63) is 53.2 Å². The van der Waals surface area contributed by atoms with Gasteiger partial charge in [-0.3, -0.25) is 9.69 Å². The number of piperidine rings is 1. The maximum Gasteiger partial charge on any atom is 0.257 e. The van der Waals surface area contributed by atoms with Crippen LogP contribution in [-0.2, 0) is 11.2 Å². The lowest BCUT2D eigenvalue weighted by Crippen LogP contribution is -2.44. The van der Waals surface area contributed by atoms with E-state index < -0.39 is 0 Å². The number of amides is 1. The van der Waals surface area contributed by atoms with Gasteiger partial charge < -0.3 is 13.9 Å². The van der Waals surface area contributed by atoms with Crippen molar-refractivity contribution in [2.75, 3.05) is 26.7 Å². The van der Waals surface area contributed by atoms with Gasteiger partial charge in [-0.05, 0) is 57.7 Å². The molecule has 2 aromatic heterocycles. The van der Waals surface area contributed by atoms with Crippen LogP contribution in [0.5, 0.6) is 0 Å². The van der Waals surface area contributed by atoms with Gasteiger partial charge in [0.25, 0.3) is 5.89 Å². The number of aryl methyl sites for hydroxylation is 2. The molecule has 0 N–H and O–H groups in total. The average Bonchev–Trinajstić information content (AvgIpc) is 3.49. The maximum absolute atomic E-state index is 12.9. The number of hydrogen-bond donors (Lipinski definition) is 0. The summed E-state index contributed by atoms with van der Waals surface area (Å²) in [4.78, 5) is 21.9. The third-order valence-corrected chi connectivity index (χ3v) is 7.19. The number of hydrogen-bond acceptors (Lipinski definition) is 7. The molecule has 1 aromatic carbocycles. The van der Waals surface area contributed by atoms with Gasteiger partial charge >= 0.3 is 0 Å². The highest BCUT2D eigenvalue weighted by molar-refractivity contribution is 5.79. The molecule has 2 aliphatic heterocycles. The van der Waals surface area contributed by atoms with Crippen molar-refractivity contribution in [2.45, 2.75) is 45.6 Å². The van der Waals surface area contributed by atoms with Crippen molar-refractivity contribution in [2.24, 2.45) is 5.41 Å². The summed E-state index contributed by atoms with van der Waals surface area (Å²) in [6.45, 7) is 6.30. The average molecular weight is 436 g/mol. The first-order chi connectivity index (χ1) is 15.4. The summed E-state index contributed by atoms with van der Waals surface area (Å²) < 4.78 is 10.8. The lowest BCUT2D eigenvalue weighted by molar-refractivity contribution is -0.132. The first-order valence-corrected chi connectivity index (χ1v) is 11.2. The molecular formula is C24H29N5O3. The molecule has 1 atom stereocenters.